The van der Waals surface area contributed by atoms with Gasteiger partial charge in [-0.2, -0.15) is 0 Å². The van der Waals surface area contributed by atoms with Gasteiger partial charge in [0.1, 0.15) is 6.54 Å². The number of carboxylic acid groups (broad SMARTS) is 1. The molecule has 0 heterocycles. The van der Waals surface area contributed by atoms with Crippen molar-refractivity contribution < 1.29 is 24.8 Å². The number of aliphatic carboxylic acids is 1. The average Bonchev–Trinajstić information content (AvgIpc) is 2.36. The first kappa shape index (κ1) is 16.6. The van der Waals surface area contributed by atoms with Gasteiger partial charge >= 0.3 is 5.97 Å². The molecule has 3 N–H and O–H groups in total. The van der Waals surface area contributed by atoms with Crippen LogP contribution >= 0.6 is 0 Å². The molecule has 0 aromatic heterocycles. The van der Waals surface area contributed by atoms with Crippen molar-refractivity contribution >= 4 is 17.6 Å². The van der Waals surface area contributed by atoms with E-state index in [9.17, 15) is 19.7 Å². The Hall–Kier alpha value is -2.45. The molecule has 0 spiro atoms. The molecule has 1 atom stereocenters. The lowest BCUT2D eigenvalue weighted by Gasteiger charge is -2.07. The number of nitro groups is 1. The number of carbonyl (C=O) groups excluding carboxylic acids is 1. The predicted molar refractivity (Wildman–Crippen MR) is 64.7 cm³/mol. The van der Waals surface area contributed by atoms with Gasteiger partial charge in [0.25, 0.3) is 5.91 Å². The fourth-order valence-corrected chi connectivity index (χ4v) is 1.22. The Labute approximate surface area is 108 Å². The monoisotopic (exact) mass is 273 g/mol. The number of carboxylic acids is 1. The van der Waals surface area contributed by atoms with Crippen molar-refractivity contribution in [2.45, 2.75) is 26.3 Å². The van der Waals surface area contributed by atoms with Crippen molar-refractivity contribution in [3.05, 3.63) is 21.8 Å². The molecule has 1 unspecified atom stereocenters. The maximum atomic E-state index is 11.4. The third-order valence-electron chi connectivity index (χ3n) is 2.32. The summed E-state index contributed by atoms with van der Waals surface area (Å²) < 4.78 is 0. The average molecular weight is 273 g/mol. The molecule has 0 fully saturated rings. The van der Waals surface area contributed by atoms with Crippen molar-refractivity contribution in [2.75, 3.05) is 6.54 Å². The first-order valence-electron chi connectivity index (χ1n) is 5.39. The lowest BCUT2D eigenvalue weighted by molar-refractivity contribution is -0.507. The third-order valence-corrected chi connectivity index (χ3v) is 2.32. The topological polar surface area (TPSA) is 142 Å². The summed E-state index contributed by atoms with van der Waals surface area (Å²) in [5, 5.41) is 32.4. The maximum absolute atomic E-state index is 11.4. The molecule has 106 valence electrons. The molecule has 9 nitrogen and oxygen atoms in total. The van der Waals surface area contributed by atoms with Gasteiger partial charge in [0.05, 0.1) is 0 Å². The molecule has 9 heteroatoms. The van der Waals surface area contributed by atoms with Gasteiger partial charge < -0.3 is 15.6 Å². The summed E-state index contributed by atoms with van der Waals surface area (Å²) >= 11 is 0. The van der Waals surface area contributed by atoms with E-state index in [0.29, 0.717) is 0 Å². The number of nitrogens with one attached hydrogen (secondary N) is 1. The van der Waals surface area contributed by atoms with Gasteiger partial charge in [-0.15, -0.1) is 0 Å². The number of hydrogen-bond acceptors (Lipinski definition) is 6. The van der Waals surface area contributed by atoms with Crippen LogP contribution in [0.1, 0.15) is 20.3 Å². The Kier molecular flexibility index (Phi) is 6.79. The Morgan fingerprint density at radius 3 is 2.47 bits per heavy atom. The highest BCUT2D eigenvalue weighted by Crippen LogP contribution is 2.10. The minimum absolute atomic E-state index is 0.281. The van der Waals surface area contributed by atoms with Crippen LogP contribution in [0, 0.1) is 10.1 Å². The van der Waals surface area contributed by atoms with Gasteiger partial charge in [0.2, 0.25) is 6.04 Å². The molecular weight excluding hydrogens is 258 g/mol. The van der Waals surface area contributed by atoms with Crippen LogP contribution in [0.3, 0.4) is 0 Å². The smallest absolute Gasteiger partial charge is 0.322 e. The Morgan fingerprint density at radius 1 is 1.53 bits per heavy atom. The minimum atomic E-state index is -1.26. The summed E-state index contributed by atoms with van der Waals surface area (Å²) in [5.74, 6) is -2.18. The second-order valence-corrected chi connectivity index (χ2v) is 3.60. The molecule has 0 saturated carbocycles. The van der Waals surface area contributed by atoms with Gasteiger partial charge in [-0.05, 0) is 12.5 Å². The molecule has 19 heavy (non-hydrogen) atoms. The highest BCUT2D eigenvalue weighted by atomic mass is 16.6. The van der Waals surface area contributed by atoms with E-state index in [1.807, 2.05) is 5.32 Å². The molecule has 0 aliphatic rings. The molecular formula is C10H15N3O6. The van der Waals surface area contributed by atoms with Gasteiger partial charge in [-0.3, -0.25) is 19.7 Å². The first-order chi connectivity index (χ1) is 8.83. The number of nitrogens with zero attached hydrogens (tertiary/aromatic N) is 2. The summed E-state index contributed by atoms with van der Waals surface area (Å²) in [4.78, 5) is 31.8. The normalized spacial score (nSPS) is 13.8. The van der Waals surface area contributed by atoms with E-state index in [0.717, 1.165) is 6.08 Å². The Balaban J connectivity index is 5.00. The van der Waals surface area contributed by atoms with Gasteiger partial charge in [0.15, 0.2) is 5.71 Å². The number of carbonyl (C=O) groups is 2. The zero-order valence-electron chi connectivity index (χ0n) is 10.5. The van der Waals surface area contributed by atoms with Crippen LogP contribution in [0.25, 0.3) is 0 Å². The molecule has 0 bridgehead atoms. The van der Waals surface area contributed by atoms with E-state index in [1.54, 1.807) is 6.92 Å². The molecule has 0 aliphatic heterocycles. The predicted octanol–water partition coefficient (Wildman–Crippen LogP) is 0.0190. The molecule has 0 aromatic carbocycles. The van der Waals surface area contributed by atoms with E-state index in [1.165, 1.54) is 6.92 Å². The van der Waals surface area contributed by atoms with Crippen molar-refractivity contribution in [3.63, 3.8) is 0 Å². The molecule has 1 amide bonds. The van der Waals surface area contributed by atoms with Crippen molar-refractivity contribution in [1.82, 2.24) is 5.32 Å². The van der Waals surface area contributed by atoms with Crippen molar-refractivity contribution in [2.24, 2.45) is 5.16 Å². The zero-order valence-corrected chi connectivity index (χ0v) is 10.5. The summed E-state index contributed by atoms with van der Waals surface area (Å²) in [6.07, 6.45) is 1.36. The van der Waals surface area contributed by atoms with Crippen LogP contribution in [0.15, 0.2) is 16.8 Å². The Morgan fingerprint density at radius 2 is 2.11 bits per heavy atom. The zero-order chi connectivity index (χ0) is 15.0. The summed E-state index contributed by atoms with van der Waals surface area (Å²) in [7, 11) is 0. The molecule has 0 aliphatic carbocycles. The lowest BCUT2D eigenvalue weighted by Crippen LogP contribution is -2.34. The number of rotatable bonds is 7. The maximum Gasteiger partial charge on any atom is 0.322 e. The fourth-order valence-electron chi connectivity index (χ4n) is 1.22. The van der Waals surface area contributed by atoms with Crippen LogP contribution in [0.2, 0.25) is 0 Å². The summed E-state index contributed by atoms with van der Waals surface area (Å²) in [5.41, 5.74) is -0.199. The van der Waals surface area contributed by atoms with Gasteiger partial charge in [-0.25, -0.2) is 0 Å². The standard InChI is InChI=1S/C10H15N3O6/c1-3-7(6(2)13(18)19)4-8(12-17)10(16)11-5-9(14)15/h4,6,17H,3,5H2,1-2H3,(H,11,16)(H,14,15). The number of amides is 1. The number of hydrogen-bond donors (Lipinski definition) is 3. The minimum Gasteiger partial charge on any atom is -0.480 e. The summed E-state index contributed by atoms with van der Waals surface area (Å²) in [6.45, 7) is 2.34. The van der Waals surface area contributed by atoms with Crippen LogP contribution in [-0.4, -0.2) is 45.4 Å². The van der Waals surface area contributed by atoms with Gasteiger partial charge in [0, 0.05) is 17.4 Å². The molecule has 0 aromatic rings. The van der Waals surface area contributed by atoms with E-state index in [2.05, 4.69) is 5.16 Å². The second-order valence-electron chi connectivity index (χ2n) is 3.60. The van der Waals surface area contributed by atoms with E-state index >= 15 is 0 Å². The highest BCUT2D eigenvalue weighted by molar-refractivity contribution is 6.43. The second kappa shape index (κ2) is 7.80. The molecule has 0 radical (unpaired) electrons. The van der Waals surface area contributed by atoms with Crippen molar-refractivity contribution in [1.29, 1.82) is 0 Å². The first-order valence-corrected chi connectivity index (χ1v) is 5.39. The fraction of sp³-hybridized carbons (Fsp3) is 0.500. The van der Waals surface area contributed by atoms with E-state index in [-0.39, 0.29) is 12.0 Å². The summed E-state index contributed by atoms with van der Waals surface area (Å²) in [6, 6.07) is -1.03. The van der Waals surface area contributed by atoms with Crippen LogP contribution in [0.5, 0.6) is 0 Å². The highest BCUT2D eigenvalue weighted by Gasteiger charge is 2.20. The SMILES string of the molecule is CCC(=CC(=NO)C(=O)NCC(=O)O)C(C)[N+](=O)[O-]. The van der Waals surface area contributed by atoms with Crippen LogP contribution in [0.4, 0.5) is 0 Å². The Bertz CT molecular complexity index is 429. The quantitative estimate of drug-likeness (QED) is 0.258. The van der Waals surface area contributed by atoms with E-state index in [4.69, 9.17) is 10.3 Å². The molecule has 0 saturated heterocycles. The largest absolute Gasteiger partial charge is 0.480 e. The molecule has 0 rings (SSSR count). The van der Waals surface area contributed by atoms with Crippen molar-refractivity contribution in [3.8, 4) is 0 Å². The van der Waals surface area contributed by atoms with Crippen LogP contribution < -0.4 is 5.32 Å². The number of oxime groups is 1. The van der Waals surface area contributed by atoms with E-state index < -0.39 is 35.1 Å². The third kappa shape index (κ3) is 5.61. The lowest BCUT2D eigenvalue weighted by atomic mass is 10.0. The van der Waals surface area contributed by atoms with Crippen LogP contribution in [-0.2, 0) is 9.59 Å². The van der Waals surface area contributed by atoms with Gasteiger partial charge in [-0.1, -0.05) is 12.1 Å².